The number of hydrogen-bond acceptors (Lipinski definition) is 3. The monoisotopic (exact) mass is 225 g/mol. The highest BCUT2D eigenvalue weighted by Crippen LogP contribution is 2.22. The summed E-state index contributed by atoms with van der Waals surface area (Å²) in [4.78, 5) is 4.28. The van der Waals surface area contributed by atoms with Crippen LogP contribution in [-0.2, 0) is 0 Å². The molecule has 84 valence electrons. The van der Waals surface area contributed by atoms with E-state index in [4.69, 9.17) is 0 Å². The lowest BCUT2D eigenvalue weighted by atomic mass is 10.2. The summed E-state index contributed by atoms with van der Waals surface area (Å²) < 4.78 is 0. The molecule has 0 fully saturated rings. The number of hydrogen-bond donors (Lipinski definition) is 1. The van der Waals surface area contributed by atoms with Gasteiger partial charge in [0.15, 0.2) is 0 Å². The fraction of sp³-hybridized carbons (Fsp3) is 0.583. The normalized spacial score (nSPS) is 14.9. The molecule has 0 radical (unpaired) electrons. The van der Waals surface area contributed by atoms with Gasteiger partial charge in [-0.3, -0.25) is 0 Å². The van der Waals surface area contributed by atoms with E-state index in [1.807, 2.05) is 12.1 Å². The molecule has 0 spiro atoms. The molecule has 0 aromatic carbocycles. The molecule has 1 unspecified atom stereocenters. The average molecular weight is 225 g/mol. The Balaban J connectivity index is 2.58. The maximum absolute atomic E-state index is 9.43. The molecular formula is C12H19NOS. The van der Waals surface area contributed by atoms with E-state index in [0.29, 0.717) is 5.92 Å². The van der Waals surface area contributed by atoms with Gasteiger partial charge in [-0.25, -0.2) is 4.98 Å². The first-order chi connectivity index (χ1) is 7.13. The van der Waals surface area contributed by atoms with Gasteiger partial charge in [-0.2, -0.15) is 0 Å². The first-order valence-corrected chi connectivity index (χ1v) is 6.38. The minimum Gasteiger partial charge on any atom is -0.389 e. The van der Waals surface area contributed by atoms with Crippen molar-refractivity contribution in [3.63, 3.8) is 0 Å². The van der Waals surface area contributed by atoms with Crippen LogP contribution in [0.1, 0.15) is 38.9 Å². The summed E-state index contributed by atoms with van der Waals surface area (Å²) >= 11 is 1.76. The third-order valence-corrected chi connectivity index (χ3v) is 3.71. The summed E-state index contributed by atoms with van der Waals surface area (Å²) in [6, 6.07) is 3.83. The van der Waals surface area contributed by atoms with E-state index in [0.717, 1.165) is 16.3 Å². The van der Waals surface area contributed by atoms with Gasteiger partial charge >= 0.3 is 0 Å². The highest BCUT2D eigenvalue weighted by atomic mass is 32.2. The smallest absolute Gasteiger partial charge is 0.0963 e. The standard InChI is InChI=1S/C12H19NOS/c1-4-9(2)8-15-12-7-11(10(3)14)5-6-13-12/h5-7,9-10,14H,4,8H2,1-3H3/t9?,10-/m1/s1. The van der Waals surface area contributed by atoms with Crippen molar-refractivity contribution in [3.8, 4) is 0 Å². The third kappa shape index (κ3) is 4.22. The summed E-state index contributed by atoms with van der Waals surface area (Å²) in [5.74, 6) is 1.80. The van der Waals surface area contributed by atoms with Gasteiger partial charge < -0.3 is 5.11 Å². The Morgan fingerprint density at radius 3 is 2.80 bits per heavy atom. The molecule has 1 aromatic heterocycles. The van der Waals surface area contributed by atoms with Gasteiger partial charge in [0.05, 0.1) is 11.1 Å². The maximum Gasteiger partial charge on any atom is 0.0963 e. The summed E-state index contributed by atoms with van der Waals surface area (Å²) in [6.45, 7) is 6.22. The minimum absolute atomic E-state index is 0.407. The summed E-state index contributed by atoms with van der Waals surface area (Å²) in [7, 11) is 0. The molecule has 0 saturated carbocycles. The number of rotatable bonds is 5. The topological polar surface area (TPSA) is 33.1 Å². The first kappa shape index (κ1) is 12.5. The van der Waals surface area contributed by atoms with Gasteiger partial charge in [-0.1, -0.05) is 20.3 Å². The number of aliphatic hydroxyl groups is 1. The molecule has 3 heteroatoms. The lowest BCUT2D eigenvalue weighted by Crippen LogP contribution is -1.97. The van der Waals surface area contributed by atoms with Crippen molar-refractivity contribution in [1.82, 2.24) is 4.98 Å². The largest absolute Gasteiger partial charge is 0.389 e. The highest BCUT2D eigenvalue weighted by molar-refractivity contribution is 7.99. The molecule has 1 aromatic rings. The van der Waals surface area contributed by atoms with Crippen molar-refractivity contribution in [1.29, 1.82) is 0 Å². The molecule has 2 atom stereocenters. The second-order valence-corrected chi connectivity index (χ2v) is 4.97. The predicted molar refractivity (Wildman–Crippen MR) is 65.0 cm³/mol. The Morgan fingerprint density at radius 1 is 1.47 bits per heavy atom. The fourth-order valence-electron chi connectivity index (χ4n) is 1.11. The van der Waals surface area contributed by atoms with Gasteiger partial charge in [0.25, 0.3) is 0 Å². The minimum atomic E-state index is -0.407. The van der Waals surface area contributed by atoms with Crippen LogP contribution in [0.25, 0.3) is 0 Å². The average Bonchev–Trinajstić information content (AvgIpc) is 2.26. The molecule has 15 heavy (non-hydrogen) atoms. The van der Waals surface area contributed by atoms with Gasteiger partial charge in [-0.15, -0.1) is 11.8 Å². The van der Waals surface area contributed by atoms with Crippen LogP contribution >= 0.6 is 11.8 Å². The zero-order chi connectivity index (χ0) is 11.3. The first-order valence-electron chi connectivity index (χ1n) is 5.40. The zero-order valence-electron chi connectivity index (χ0n) is 9.60. The molecule has 0 amide bonds. The van der Waals surface area contributed by atoms with Crippen molar-refractivity contribution < 1.29 is 5.11 Å². The van der Waals surface area contributed by atoms with E-state index >= 15 is 0 Å². The predicted octanol–water partition coefficient (Wildman–Crippen LogP) is 3.27. The van der Waals surface area contributed by atoms with Crippen LogP contribution in [0.5, 0.6) is 0 Å². The van der Waals surface area contributed by atoms with E-state index in [1.54, 1.807) is 24.9 Å². The quantitative estimate of drug-likeness (QED) is 0.781. The van der Waals surface area contributed by atoms with E-state index in [1.165, 1.54) is 6.42 Å². The van der Waals surface area contributed by atoms with E-state index in [9.17, 15) is 5.11 Å². The molecule has 0 saturated heterocycles. The fourth-order valence-corrected chi connectivity index (χ4v) is 2.15. The van der Waals surface area contributed by atoms with Crippen LogP contribution < -0.4 is 0 Å². The molecule has 0 aliphatic rings. The highest BCUT2D eigenvalue weighted by Gasteiger charge is 2.05. The second-order valence-electron chi connectivity index (χ2n) is 3.93. The van der Waals surface area contributed by atoms with Crippen LogP contribution in [0.4, 0.5) is 0 Å². The van der Waals surface area contributed by atoms with Crippen LogP contribution in [0.15, 0.2) is 23.4 Å². The molecule has 2 nitrogen and oxygen atoms in total. The molecular weight excluding hydrogens is 206 g/mol. The molecule has 0 aliphatic heterocycles. The zero-order valence-corrected chi connectivity index (χ0v) is 10.4. The number of aliphatic hydroxyl groups excluding tert-OH is 1. The van der Waals surface area contributed by atoms with Crippen molar-refractivity contribution in [2.24, 2.45) is 5.92 Å². The van der Waals surface area contributed by atoms with Crippen molar-refractivity contribution >= 4 is 11.8 Å². The Hall–Kier alpha value is -0.540. The SMILES string of the molecule is CCC(C)CSc1cc([C@@H](C)O)ccn1. The van der Waals surface area contributed by atoms with Crippen molar-refractivity contribution in [2.45, 2.75) is 38.3 Å². The number of aromatic nitrogens is 1. The van der Waals surface area contributed by atoms with Crippen molar-refractivity contribution in [2.75, 3.05) is 5.75 Å². The third-order valence-electron chi connectivity index (χ3n) is 2.45. The van der Waals surface area contributed by atoms with Gasteiger partial charge in [0, 0.05) is 11.9 Å². The molecule has 0 aliphatic carbocycles. The molecule has 1 N–H and O–H groups in total. The lowest BCUT2D eigenvalue weighted by Gasteiger charge is -2.09. The van der Waals surface area contributed by atoms with E-state index in [-0.39, 0.29) is 0 Å². The Morgan fingerprint density at radius 2 is 2.20 bits per heavy atom. The van der Waals surface area contributed by atoms with E-state index < -0.39 is 6.10 Å². The summed E-state index contributed by atoms with van der Waals surface area (Å²) in [6.07, 6.45) is 2.56. The number of nitrogens with zero attached hydrogens (tertiary/aromatic N) is 1. The van der Waals surface area contributed by atoms with Crippen molar-refractivity contribution in [3.05, 3.63) is 23.9 Å². The molecule has 1 heterocycles. The Labute approximate surface area is 96.1 Å². The van der Waals surface area contributed by atoms with Gasteiger partial charge in [0.1, 0.15) is 0 Å². The van der Waals surface area contributed by atoms with Crippen LogP contribution in [0.2, 0.25) is 0 Å². The molecule has 1 rings (SSSR count). The van der Waals surface area contributed by atoms with Gasteiger partial charge in [0.2, 0.25) is 0 Å². The maximum atomic E-state index is 9.43. The number of pyridine rings is 1. The van der Waals surface area contributed by atoms with E-state index in [2.05, 4.69) is 18.8 Å². The van der Waals surface area contributed by atoms with Crippen LogP contribution in [0.3, 0.4) is 0 Å². The number of thioether (sulfide) groups is 1. The Kier molecular flexibility index (Phi) is 5.12. The van der Waals surface area contributed by atoms with Crippen LogP contribution in [-0.4, -0.2) is 15.8 Å². The lowest BCUT2D eigenvalue weighted by molar-refractivity contribution is 0.199. The van der Waals surface area contributed by atoms with Crippen LogP contribution in [0, 0.1) is 5.92 Å². The second kappa shape index (κ2) is 6.13. The molecule has 0 bridgehead atoms. The summed E-state index contributed by atoms with van der Waals surface area (Å²) in [5.41, 5.74) is 0.941. The summed E-state index contributed by atoms with van der Waals surface area (Å²) in [5, 5.41) is 10.4. The van der Waals surface area contributed by atoms with Gasteiger partial charge in [-0.05, 0) is 30.5 Å². The Bertz CT molecular complexity index is 301.